The van der Waals surface area contributed by atoms with Gasteiger partial charge in [0.25, 0.3) is 0 Å². The van der Waals surface area contributed by atoms with Crippen LogP contribution in [0.4, 0.5) is 0 Å². The Hall–Kier alpha value is -2.78. The zero-order valence-electron chi connectivity index (χ0n) is 15.4. The van der Waals surface area contributed by atoms with Crippen molar-refractivity contribution in [2.75, 3.05) is 0 Å². The molecule has 2 N–H and O–H groups in total. The number of hydrogen-bond acceptors (Lipinski definition) is 3. The van der Waals surface area contributed by atoms with Crippen LogP contribution in [0.15, 0.2) is 60.7 Å². The van der Waals surface area contributed by atoms with Crippen molar-refractivity contribution in [2.45, 2.75) is 33.5 Å². The summed E-state index contributed by atoms with van der Waals surface area (Å²) in [5, 5.41) is 20.0. The predicted octanol–water partition coefficient (Wildman–Crippen LogP) is 4.98. The molecule has 0 fully saturated rings. The van der Waals surface area contributed by atoms with E-state index in [0.29, 0.717) is 11.5 Å². The number of phenols is 1. The molecule has 0 aliphatic carbocycles. The van der Waals surface area contributed by atoms with Gasteiger partial charge in [0.1, 0.15) is 11.5 Å². The van der Waals surface area contributed by atoms with Gasteiger partial charge in [0.2, 0.25) is 6.29 Å². The van der Waals surface area contributed by atoms with Gasteiger partial charge in [-0.2, -0.15) is 0 Å². The third kappa shape index (κ3) is 4.24. The van der Waals surface area contributed by atoms with E-state index in [9.17, 15) is 10.2 Å². The standard InChI is InChI=1S/C23H24O3/c1-15-5-4-6-20(11-15)23(25)26-22-10-8-19(13-17(22)3)14-18-7-9-21(24)16(2)12-18/h4-13,23-25H,14H2,1-3H3. The molecular weight excluding hydrogens is 324 g/mol. The van der Waals surface area contributed by atoms with E-state index in [1.165, 1.54) is 0 Å². The third-order valence-electron chi connectivity index (χ3n) is 4.47. The summed E-state index contributed by atoms with van der Waals surface area (Å²) in [5.41, 5.74) is 5.98. The second-order valence-electron chi connectivity index (χ2n) is 6.78. The fourth-order valence-corrected chi connectivity index (χ4v) is 3.03. The molecule has 3 aromatic carbocycles. The van der Waals surface area contributed by atoms with Crippen molar-refractivity contribution in [1.29, 1.82) is 0 Å². The fourth-order valence-electron chi connectivity index (χ4n) is 3.03. The minimum Gasteiger partial charge on any atom is -0.508 e. The average Bonchev–Trinajstić information content (AvgIpc) is 2.60. The topological polar surface area (TPSA) is 49.7 Å². The SMILES string of the molecule is Cc1cccc(C(O)Oc2ccc(Cc3ccc(O)c(C)c3)cc2C)c1. The molecule has 0 amide bonds. The molecule has 1 atom stereocenters. The van der Waals surface area contributed by atoms with E-state index in [1.54, 1.807) is 6.07 Å². The van der Waals surface area contributed by atoms with Crippen LogP contribution in [-0.4, -0.2) is 10.2 Å². The number of ether oxygens (including phenoxy) is 1. The lowest BCUT2D eigenvalue weighted by molar-refractivity contribution is -0.0199. The molecule has 26 heavy (non-hydrogen) atoms. The number of aliphatic hydroxyl groups is 1. The van der Waals surface area contributed by atoms with Crippen LogP contribution in [0, 0.1) is 20.8 Å². The summed E-state index contributed by atoms with van der Waals surface area (Å²) >= 11 is 0. The summed E-state index contributed by atoms with van der Waals surface area (Å²) in [7, 11) is 0. The molecule has 0 saturated heterocycles. The maximum absolute atomic E-state index is 10.3. The van der Waals surface area contributed by atoms with E-state index in [1.807, 2.05) is 69.3 Å². The lowest BCUT2D eigenvalue weighted by atomic mass is 10.0. The Morgan fingerprint density at radius 1 is 0.846 bits per heavy atom. The van der Waals surface area contributed by atoms with Gasteiger partial charge in [-0.3, -0.25) is 0 Å². The highest BCUT2D eigenvalue weighted by Crippen LogP contribution is 2.26. The van der Waals surface area contributed by atoms with Crippen LogP contribution in [0.5, 0.6) is 11.5 Å². The van der Waals surface area contributed by atoms with Gasteiger partial charge in [0, 0.05) is 5.56 Å². The molecule has 0 spiro atoms. The first-order valence-corrected chi connectivity index (χ1v) is 8.71. The molecule has 3 aromatic rings. The summed E-state index contributed by atoms with van der Waals surface area (Å²) < 4.78 is 5.75. The minimum atomic E-state index is -0.987. The number of rotatable bonds is 5. The van der Waals surface area contributed by atoms with Crippen molar-refractivity contribution in [3.05, 3.63) is 94.0 Å². The lowest BCUT2D eigenvalue weighted by Crippen LogP contribution is -2.07. The molecule has 0 heterocycles. The molecule has 0 saturated carbocycles. The number of aliphatic hydroxyl groups excluding tert-OH is 1. The first-order valence-electron chi connectivity index (χ1n) is 8.71. The Morgan fingerprint density at radius 2 is 1.54 bits per heavy atom. The average molecular weight is 348 g/mol. The van der Waals surface area contributed by atoms with Crippen LogP contribution in [0.2, 0.25) is 0 Å². The molecule has 3 heteroatoms. The molecule has 1 unspecified atom stereocenters. The second kappa shape index (κ2) is 7.63. The van der Waals surface area contributed by atoms with Crippen LogP contribution < -0.4 is 4.74 Å². The van der Waals surface area contributed by atoms with Gasteiger partial charge in [-0.05, 0) is 67.6 Å². The molecular formula is C23H24O3. The van der Waals surface area contributed by atoms with Gasteiger partial charge in [0.15, 0.2) is 0 Å². The second-order valence-corrected chi connectivity index (χ2v) is 6.78. The van der Waals surface area contributed by atoms with E-state index < -0.39 is 6.29 Å². The number of hydrogen-bond donors (Lipinski definition) is 2. The lowest BCUT2D eigenvalue weighted by Gasteiger charge is -2.17. The smallest absolute Gasteiger partial charge is 0.224 e. The van der Waals surface area contributed by atoms with Crippen LogP contribution >= 0.6 is 0 Å². The zero-order valence-corrected chi connectivity index (χ0v) is 15.4. The van der Waals surface area contributed by atoms with E-state index in [4.69, 9.17) is 4.74 Å². The summed E-state index contributed by atoms with van der Waals surface area (Å²) in [6.07, 6.45) is -0.206. The number of aryl methyl sites for hydroxylation is 3. The normalized spacial score (nSPS) is 12.0. The van der Waals surface area contributed by atoms with Gasteiger partial charge in [-0.15, -0.1) is 0 Å². The summed E-state index contributed by atoms with van der Waals surface area (Å²) in [6.45, 7) is 5.86. The van der Waals surface area contributed by atoms with Gasteiger partial charge in [0.05, 0.1) is 0 Å². The van der Waals surface area contributed by atoms with Gasteiger partial charge in [-0.1, -0.05) is 48.0 Å². The van der Waals surface area contributed by atoms with Crippen molar-refractivity contribution in [1.82, 2.24) is 0 Å². The highest BCUT2D eigenvalue weighted by atomic mass is 16.6. The molecule has 3 nitrogen and oxygen atoms in total. The number of phenolic OH excluding ortho intramolecular Hbond substituents is 1. The minimum absolute atomic E-state index is 0.318. The van der Waals surface area contributed by atoms with Gasteiger partial charge in [-0.25, -0.2) is 0 Å². The molecule has 3 rings (SSSR count). The summed E-state index contributed by atoms with van der Waals surface area (Å²) in [5.74, 6) is 0.989. The Labute approximate surface area is 154 Å². The Morgan fingerprint density at radius 3 is 2.19 bits per heavy atom. The summed E-state index contributed by atoms with van der Waals surface area (Å²) in [4.78, 5) is 0. The van der Waals surface area contributed by atoms with Crippen molar-refractivity contribution >= 4 is 0 Å². The third-order valence-corrected chi connectivity index (χ3v) is 4.47. The number of aromatic hydroxyl groups is 1. The first-order chi connectivity index (χ1) is 12.4. The highest BCUT2D eigenvalue weighted by Gasteiger charge is 2.11. The van der Waals surface area contributed by atoms with Crippen molar-refractivity contribution in [3.63, 3.8) is 0 Å². The molecule has 0 bridgehead atoms. The Kier molecular flexibility index (Phi) is 5.29. The summed E-state index contributed by atoms with van der Waals surface area (Å²) in [6, 6.07) is 19.3. The number of benzene rings is 3. The van der Waals surface area contributed by atoms with Crippen molar-refractivity contribution < 1.29 is 14.9 Å². The Balaban J connectivity index is 1.73. The van der Waals surface area contributed by atoms with E-state index in [2.05, 4.69) is 6.07 Å². The van der Waals surface area contributed by atoms with Gasteiger partial charge >= 0.3 is 0 Å². The monoisotopic (exact) mass is 348 g/mol. The van der Waals surface area contributed by atoms with Crippen molar-refractivity contribution in [3.8, 4) is 11.5 Å². The molecule has 134 valence electrons. The predicted molar refractivity (Wildman–Crippen MR) is 104 cm³/mol. The highest BCUT2D eigenvalue weighted by molar-refractivity contribution is 5.41. The van der Waals surface area contributed by atoms with Crippen LogP contribution in [0.25, 0.3) is 0 Å². The van der Waals surface area contributed by atoms with E-state index in [-0.39, 0.29) is 0 Å². The maximum Gasteiger partial charge on any atom is 0.224 e. The maximum atomic E-state index is 10.3. The Bertz CT molecular complexity index is 915. The van der Waals surface area contributed by atoms with Crippen LogP contribution in [0.3, 0.4) is 0 Å². The molecule has 0 aliphatic heterocycles. The van der Waals surface area contributed by atoms with Gasteiger partial charge < -0.3 is 14.9 Å². The zero-order chi connectivity index (χ0) is 18.7. The van der Waals surface area contributed by atoms with Crippen LogP contribution in [-0.2, 0) is 6.42 Å². The van der Waals surface area contributed by atoms with E-state index >= 15 is 0 Å². The van der Waals surface area contributed by atoms with E-state index in [0.717, 1.165) is 39.8 Å². The first kappa shape index (κ1) is 18.0. The quantitative estimate of drug-likeness (QED) is 0.640. The fraction of sp³-hybridized carbons (Fsp3) is 0.217. The molecule has 0 radical (unpaired) electrons. The van der Waals surface area contributed by atoms with Crippen LogP contribution in [0.1, 0.15) is 39.7 Å². The largest absolute Gasteiger partial charge is 0.508 e. The van der Waals surface area contributed by atoms with Crippen molar-refractivity contribution in [2.24, 2.45) is 0 Å². The molecule has 0 aliphatic rings. The molecule has 0 aromatic heterocycles.